The lowest BCUT2D eigenvalue weighted by atomic mass is 10.0. The Kier molecular flexibility index (Phi) is 3.74. The lowest BCUT2D eigenvalue weighted by Crippen LogP contribution is -2.23. The van der Waals surface area contributed by atoms with Gasteiger partial charge in [-0.1, -0.05) is 0 Å². The molecule has 0 aliphatic carbocycles. The number of nitrogens with one attached hydrogen (secondary N) is 1. The van der Waals surface area contributed by atoms with Gasteiger partial charge in [-0.15, -0.1) is 11.3 Å². The molecule has 3 heterocycles. The average Bonchev–Trinajstić information content (AvgIpc) is 3.02. The van der Waals surface area contributed by atoms with Crippen LogP contribution in [0.25, 0.3) is 0 Å². The van der Waals surface area contributed by atoms with Crippen LogP contribution in [0.3, 0.4) is 0 Å². The molecule has 2 aliphatic rings. The molecule has 2 fully saturated rings. The summed E-state index contributed by atoms with van der Waals surface area (Å²) >= 11 is 1.84. The molecule has 17 heavy (non-hydrogen) atoms. The van der Waals surface area contributed by atoms with Crippen LogP contribution in [0.15, 0.2) is 5.38 Å². The lowest BCUT2D eigenvalue weighted by Gasteiger charge is -2.19. The predicted molar refractivity (Wildman–Crippen MR) is 69.6 cm³/mol. The zero-order valence-corrected chi connectivity index (χ0v) is 11.0. The van der Waals surface area contributed by atoms with Crippen molar-refractivity contribution in [3.63, 3.8) is 0 Å². The van der Waals surface area contributed by atoms with Gasteiger partial charge in [-0.25, -0.2) is 4.98 Å². The monoisotopic (exact) mass is 252 g/mol. The second-order valence-corrected chi connectivity index (χ2v) is 5.95. The van der Waals surface area contributed by atoms with Crippen LogP contribution in [0.2, 0.25) is 0 Å². The van der Waals surface area contributed by atoms with E-state index in [1.54, 1.807) is 0 Å². The maximum atomic E-state index is 5.40. The van der Waals surface area contributed by atoms with Crippen molar-refractivity contribution in [3.8, 4) is 0 Å². The molecular formula is C13H20N2OS. The van der Waals surface area contributed by atoms with Crippen LogP contribution < -0.4 is 5.32 Å². The Balaban J connectivity index is 1.60. The average molecular weight is 252 g/mol. The third-order valence-corrected chi connectivity index (χ3v) is 4.81. The Bertz CT molecular complexity index is 354. The summed E-state index contributed by atoms with van der Waals surface area (Å²) in [7, 11) is 0. The van der Waals surface area contributed by atoms with Gasteiger partial charge >= 0.3 is 0 Å². The molecule has 0 spiro atoms. The Morgan fingerprint density at radius 2 is 2.24 bits per heavy atom. The molecule has 2 saturated heterocycles. The maximum absolute atomic E-state index is 5.40. The first-order valence-corrected chi connectivity index (χ1v) is 7.55. The summed E-state index contributed by atoms with van der Waals surface area (Å²) in [5.74, 6) is 0.652. The molecule has 0 bridgehead atoms. The van der Waals surface area contributed by atoms with Crippen LogP contribution in [-0.2, 0) is 11.2 Å². The highest BCUT2D eigenvalue weighted by Crippen LogP contribution is 2.29. The highest BCUT2D eigenvalue weighted by atomic mass is 32.1. The van der Waals surface area contributed by atoms with Crippen LogP contribution in [0.4, 0.5) is 0 Å². The van der Waals surface area contributed by atoms with E-state index in [0.717, 1.165) is 32.5 Å². The summed E-state index contributed by atoms with van der Waals surface area (Å²) < 4.78 is 5.40. The fraction of sp³-hybridized carbons (Fsp3) is 0.769. The van der Waals surface area contributed by atoms with Crippen molar-refractivity contribution in [3.05, 3.63) is 16.1 Å². The van der Waals surface area contributed by atoms with Crippen LogP contribution in [-0.4, -0.2) is 30.8 Å². The zero-order chi connectivity index (χ0) is 11.5. The van der Waals surface area contributed by atoms with E-state index in [-0.39, 0.29) is 0 Å². The van der Waals surface area contributed by atoms with E-state index in [0.29, 0.717) is 12.0 Å². The highest BCUT2D eigenvalue weighted by molar-refractivity contribution is 7.09. The van der Waals surface area contributed by atoms with Crippen LogP contribution in [0.5, 0.6) is 0 Å². The van der Waals surface area contributed by atoms with Gasteiger partial charge in [0.15, 0.2) is 0 Å². The normalized spacial score (nSPS) is 26.5. The standard InChI is InChI=1S/C13H20N2OS/c1-2-11(14-5-1)8-12-9-17-13(15-12)10-3-6-16-7-4-10/h9-11,14H,1-8H2. The molecule has 0 aromatic carbocycles. The molecule has 1 N–H and O–H groups in total. The minimum absolute atomic E-state index is 0.652. The van der Waals surface area contributed by atoms with Crippen LogP contribution in [0, 0.1) is 0 Å². The first kappa shape index (κ1) is 11.6. The van der Waals surface area contributed by atoms with Gasteiger partial charge in [0.25, 0.3) is 0 Å². The van der Waals surface area contributed by atoms with Crippen molar-refractivity contribution in [2.75, 3.05) is 19.8 Å². The number of hydrogen-bond acceptors (Lipinski definition) is 4. The predicted octanol–water partition coefficient (Wildman–Crippen LogP) is 2.33. The molecule has 0 radical (unpaired) electrons. The van der Waals surface area contributed by atoms with E-state index in [1.807, 2.05) is 11.3 Å². The molecule has 1 atom stereocenters. The van der Waals surface area contributed by atoms with Crippen molar-refractivity contribution >= 4 is 11.3 Å². The number of nitrogens with zero attached hydrogens (tertiary/aromatic N) is 1. The van der Waals surface area contributed by atoms with Gasteiger partial charge in [0, 0.05) is 37.0 Å². The molecule has 1 unspecified atom stereocenters. The second kappa shape index (κ2) is 5.46. The van der Waals surface area contributed by atoms with Crippen molar-refractivity contribution in [1.29, 1.82) is 0 Å². The van der Waals surface area contributed by atoms with Gasteiger partial charge in [-0.3, -0.25) is 0 Å². The minimum Gasteiger partial charge on any atom is -0.381 e. The molecule has 1 aromatic heterocycles. The maximum Gasteiger partial charge on any atom is 0.0960 e. The highest BCUT2D eigenvalue weighted by Gasteiger charge is 2.20. The van der Waals surface area contributed by atoms with Gasteiger partial charge in [-0.05, 0) is 32.2 Å². The van der Waals surface area contributed by atoms with Crippen LogP contribution >= 0.6 is 11.3 Å². The van der Waals surface area contributed by atoms with Crippen molar-refractivity contribution in [1.82, 2.24) is 10.3 Å². The quantitative estimate of drug-likeness (QED) is 0.896. The van der Waals surface area contributed by atoms with Crippen LogP contribution in [0.1, 0.15) is 42.3 Å². The fourth-order valence-corrected chi connectivity index (χ4v) is 3.74. The van der Waals surface area contributed by atoms with Crippen molar-refractivity contribution < 1.29 is 4.74 Å². The number of aromatic nitrogens is 1. The molecule has 0 saturated carbocycles. The Hall–Kier alpha value is -0.450. The van der Waals surface area contributed by atoms with Gasteiger partial charge in [-0.2, -0.15) is 0 Å². The molecule has 0 amide bonds. The van der Waals surface area contributed by atoms with E-state index in [4.69, 9.17) is 9.72 Å². The first-order chi connectivity index (χ1) is 8.42. The van der Waals surface area contributed by atoms with Gasteiger partial charge in [0.05, 0.1) is 10.7 Å². The summed E-state index contributed by atoms with van der Waals surface area (Å²) in [6, 6.07) is 0.666. The number of ether oxygens (including phenoxy) is 1. The molecule has 2 aliphatic heterocycles. The van der Waals surface area contributed by atoms with Gasteiger partial charge in [0.2, 0.25) is 0 Å². The van der Waals surface area contributed by atoms with Gasteiger partial charge < -0.3 is 10.1 Å². The third-order valence-electron chi connectivity index (χ3n) is 3.76. The van der Waals surface area contributed by atoms with E-state index < -0.39 is 0 Å². The molecule has 1 aromatic rings. The fourth-order valence-electron chi connectivity index (χ4n) is 2.73. The Morgan fingerprint density at radius 3 is 3.00 bits per heavy atom. The summed E-state index contributed by atoms with van der Waals surface area (Å²) in [4.78, 5) is 4.82. The largest absolute Gasteiger partial charge is 0.381 e. The smallest absolute Gasteiger partial charge is 0.0960 e. The third kappa shape index (κ3) is 2.87. The van der Waals surface area contributed by atoms with E-state index in [1.165, 1.54) is 30.1 Å². The molecule has 4 heteroatoms. The molecule has 3 rings (SSSR count). The SMILES string of the molecule is c1sc(C2CCOCC2)nc1CC1CCCN1. The zero-order valence-electron chi connectivity index (χ0n) is 10.2. The van der Waals surface area contributed by atoms with Gasteiger partial charge in [0.1, 0.15) is 0 Å². The molecule has 3 nitrogen and oxygen atoms in total. The van der Waals surface area contributed by atoms with E-state index in [9.17, 15) is 0 Å². The van der Waals surface area contributed by atoms with Crippen molar-refractivity contribution in [2.45, 2.75) is 44.1 Å². The number of hydrogen-bond donors (Lipinski definition) is 1. The lowest BCUT2D eigenvalue weighted by molar-refractivity contribution is 0.0852. The summed E-state index contributed by atoms with van der Waals surface area (Å²) in [6.45, 7) is 3.00. The Labute approximate surface area is 107 Å². The summed E-state index contributed by atoms with van der Waals surface area (Å²) in [5.41, 5.74) is 1.29. The van der Waals surface area contributed by atoms with E-state index in [2.05, 4.69) is 10.7 Å². The van der Waals surface area contributed by atoms with E-state index >= 15 is 0 Å². The molecular weight excluding hydrogens is 232 g/mol. The summed E-state index contributed by atoms with van der Waals surface area (Å²) in [6.07, 6.45) is 6.04. The number of thiazole rings is 1. The topological polar surface area (TPSA) is 34.1 Å². The summed E-state index contributed by atoms with van der Waals surface area (Å²) in [5, 5.41) is 7.13. The first-order valence-electron chi connectivity index (χ1n) is 6.67. The molecule has 94 valence electrons. The minimum atomic E-state index is 0.652. The van der Waals surface area contributed by atoms with Crippen molar-refractivity contribution in [2.24, 2.45) is 0 Å². The number of rotatable bonds is 3. The second-order valence-electron chi connectivity index (χ2n) is 5.06. The Morgan fingerprint density at radius 1 is 1.35 bits per heavy atom.